The maximum Gasteiger partial charge on any atom is 0.277 e. The van der Waals surface area contributed by atoms with Gasteiger partial charge < -0.3 is 9.15 Å². The third-order valence-electron chi connectivity index (χ3n) is 4.80. The molecule has 1 aliphatic rings. The van der Waals surface area contributed by atoms with E-state index in [1.54, 1.807) is 37.3 Å². The van der Waals surface area contributed by atoms with Crippen molar-refractivity contribution in [2.24, 2.45) is 0 Å². The summed E-state index contributed by atoms with van der Waals surface area (Å²) in [5.41, 5.74) is 1.11. The SMILES string of the molecule is CC(Sc1nnc(-c2cccc(S(=O)(=O)N3CCOCC3)c2)o1)C(=O)c1ccccc1. The van der Waals surface area contributed by atoms with Gasteiger partial charge in [0.25, 0.3) is 5.22 Å². The number of carbonyl (C=O) groups is 1. The fourth-order valence-electron chi connectivity index (χ4n) is 3.14. The van der Waals surface area contributed by atoms with E-state index in [1.807, 2.05) is 18.2 Å². The van der Waals surface area contributed by atoms with Crippen LogP contribution < -0.4 is 0 Å². The van der Waals surface area contributed by atoms with E-state index in [4.69, 9.17) is 9.15 Å². The van der Waals surface area contributed by atoms with E-state index < -0.39 is 15.3 Å². The number of sulfonamides is 1. The third kappa shape index (κ3) is 4.87. The lowest BCUT2D eigenvalue weighted by Crippen LogP contribution is -2.40. The number of hydrogen-bond acceptors (Lipinski definition) is 8. The molecule has 0 spiro atoms. The summed E-state index contributed by atoms with van der Waals surface area (Å²) in [5, 5.41) is 7.87. The molecule has 0 N–H and O–H groups in total. The Morgan fingerprint density at radius 3 is 2.55 bits per heavy atom. The Bertz CT molecular complexity index is 1160. The van der Waals surface area contributed by atoms with E-state index in [0.717, 1.165) is 11.8 Å². The van der Waals surface area contributed by atoms with Crippen molar-refractivity contribution in [1.29, 1.82) is 0 Å². The standard InChI is InChI=1S/C21H21N3O5S2/c1-15(19(25)16-6-3-2-4-7-16)30-21-23-22-20(29-21)17-8-5-9-18(14-17)31(26,27)24-10-12-28-13-11-24/h2-9,14-15H,10-13H2,1H3. The second kappa shape index (κ2) is 9.31. The van der Waals surface area contributed by atoms with E-state index in [2.05, 4.69) is 10.2 Å². The largest absolute Gasteiger partial charge is 0.411 e. The highest BCUT2D eigenvalue weighted by molar-refractivity contribution is 8.00. The fraction of sp³-hybridized carbons (Fsp3) is 0.286. The van der Waals surface area contributed by atoms with E-state index in [0.29, 0.717) is 37.4 Å². The first-order chi connectivity index (χ1) is 14.9. The monoisotopic (exact) mass is 459 g/mol. The van der Waals surface area contributed by atoms with Crippen LogP contribution in [0.5, 0.6) is 0 Å². The number of ketones is 1. The third-order valence-corrected chi connectivity index (χ3v) is 7.63. The Labute approximate surface area is 184 Å². The first kappa shape index (κ1) is 21.7. The lowest BCUT2D eigenvalue weighted by atomic mass is 10.1. The lowest BCUT2D eigenvalue weighted by Gasteiger charge is -2.26. The number of nitrogens with zero attached hydrogens (tertiary/aromatic N) is 3. The predicted octanol–water partition coefficient (Wildman–Crippen LogP) is 3.12. The van der Waals surface area contributed by atoms with Crippen molar-refractivity contribution in [1.82, 2.24) is 14.5 Å². The minimum absolute atomic E-state index is 0.0380. The van der Waals surface area contributed by atoms with Crippen LogP contribution in [0.2, 0.25) is 0 Å². The molecule has 0 aliphatic carbocycles. The smallest absolute Gasteiger partial charge is 0.277 e. The molecule has 10 heteroatoms. The molecule has 3 aromatic rings. The molecule has 162 valence electrons. The number of benzene rings is 2. The van der Waals surface area contributed by atoms with Crippen molar-refractivity contribution in [3.63, 3.8) is 0 Å². The van der Waals surface area contributed by atoms with E-state index >= 15 is 0 Å². The molecule has 2 heterocycles. The number of Topliss-reactive ketones (excluding diaryl/α,β-unsaturated/α-hetero) is 1. The van der Waals surface area contributed by atoms with E-state index in [9.17, 15) is 13.2 Å². The quantitative estimate of drug-likeness (QED) is 0.392. The Hall–Kier alpha value is -2.53. The van der Waals surface area contributed by atoms with Crippen LogP contribution in [-0.4, -0.2) is 60.3 Å². The molecule has 0 amide bonds. The van der Waals surface area contributed by atoms with Gasteiger partial charge in [0.1, 0.15) is 0 Å². The lowest BCUT2D eigenvalue weighted by molar-refractivity contribution is 0.0730. The van der Waals surface area contributed by atoms with Crippen LogP contribution in [0.25, 0.3) is 11.5 Å². The molecule has 1 aliphatic heterocycles. The van der Waals surface area contributed by atoms with Gasteiger partial charge in [-0.1, -0.05) is 48.2 Å². The topological polar surface area (TPSA) is 103 Å². The molecule has 0 bridgehead atoms. The van der Waals surface area contributed by atoms with Gasteiger partial charge in [-0.3, -0.25) is 4.79 Å². The summed E-state index contributed by atoms with van der Waals surface area (Å²) in [6.45, 7) is 3.17. The highest BCUT2D eigenvalue weighted by Crippen LogP contribution is 2.29. The number of carbonyl (C=O) groups excluding carboxylic acids is 1. The highest BCUT2D eigenvalue weighted by Gasteiger charge is 2.27. The summed E-state index contributed by atoms with van der Waals surface area (Å²) in [5.74, 6) is 0.157. The molecule has 0 radical (unpaired) electrons. The van der Waals surface area contributed by atoms with Crippen molar-refractivity contribution in [2.75, 3.05) is 26.3 Å². The van der Waals surface area contributed by atoms with Crippen LogP contribution in [0.1, 0.15) is 17.3 Å². The van der Waals surface area contributed by atoms with E-state index in [-0.39, 0.29) is 21.8 Å². The molecule has 1 fully saturated rings. The maximum absolute atomic E-state index is 12.9. The number of ether oxygens (including phenoxy) is 1. The number of aromatic nitrogens is 2. The van der Waals surface area contributed by atoms with Gasteiger partial charge in [0.2, 0.25) is 15.9 Å². The Morgan fingerprint density at radius 1 is 1.06 bits per heavy atom. The van der Waals surface area contributed by atoms with Crippen LogP contribution >= 0.6 is 11.8 Å². The summed E-state index contributed by atoms with van der Waals surface area (Å²) < 4.78 is 38.1. The normalized spacial score (nSPS) is 16.2. The molecule has 4 rings (SSSR count). The second-order valence-corrected chi connectivity index (χ2v) is 10.1. The summed E-state index contributed by atoms with van der Waals surface area (Å²) in [6.07, 6.45) is 0. The zero-order valence-electron chi connectivity index (χ0n) is 16.8. The predicted molar refractivity (Wildman–Crippen MR) is 115 cm³/mol. The van der Waals surface area contributed by atoms with Gasteiger partial charge in [-0.15, -0.1) is 10.2 Å². The molecule has 8 nitrogen and oxygen atoms in total. The fourth-order valence-corrected chi connectivity index (χ4v) is 5.36. The number of thioether (sulfide) groups is 1. The number of hydrogen-bond donors (Lipinski definition) is 0. The molecule has 2 aromatic carbocycles. The minimum atomic E-state index is -3.63. The molecule has 1 atom stereocenters. The average molecular weight is 460 g/mol. The molecule has 31 heavy (non-hydrogen) atoms. The number of morpholine rings is 1. The molecule has 0 saturated carbocycles. The highest BCUT2D eigenvalue weighted by atomic mass is 32.2. The van der Waals surface area contributed by atoms with Crippen LogP contribution in [0.4, 0.5) is 0 Å². The Kier molecular flexibility index (Phi) is 6.51. The first-order valence-corrected chi connectivity index (χ1v) is 12.0. The Balaban J connectivity index is 1.50. The van der Waals surface area contributed by atoms with Crippen molar-refractivity contribution in [3.05, 3.63) is 60.2 Å². The van der Waals surface area contributed by atoms with Crippen LogP contribution in [0, 0.1) is 0 Å². The molecule has 1 aromatic heterocycles. The van der Waals surface area contributed by atoms with Crippen molar-refractivity contribution < 1.29 is 22.4 Å². The van der Waals surface area contributed by atoms with Gasteiger partial charge in [0.05, 0.1) is 23.4 Å². The Morgan fingerprint density at radius 2 is 1.81 bits per heavy atom. The molecule has 1 saturated heterocycles. The van der Waals surface area contributed by atoms with Gasteiger partial charge in [-0.2, -0.15) is 4.31 Å². The van der Waals surface area contributed by atoms with Gasteiger partial charge >= 0.3 is 0 Å². The van der Waals surface area contributed by atoms with Crippen molar-refractivity contribution in [2.45, 2.75) is 22.3 Å². The summed E-state index contributed by atoms with van der Waals surface area (Å²) in [6, 6.07) is 15.4. The molecule has 1 unspecified atom stereocenters. The number of rotatable bonds is 7. The molecular formula is C21H21N3O5S2. The summed E-state index contributed by atoms with van der Waals surface area (Å²) >= 11 is 1.16. The zero-order valence-corrected chi connectivity index (χ0v) is 18.4. The van der Waals surface area contributed by atoms with E-state index in [1.165, 1.54) is 10.4 Å². The first-order valence-electron chi connectivity index (χ1n) is 9.73. The molecular weight excluding hydrogens is 438 g/mol. The summed E-state index contributed by atoms with van der Waals surface area (Å²) in [4.78, 5) is 12.7. The van der Waals surface area contributed by atoms with Crippen molar-refractivity contribution >= 4 is 27.6 Å². The van der Waals surface area contributed by atoms with Gasteiger partial charge in [-0.05, 0) is 25.1 Å². The van der Waals surface area contributed by atoms with Gasteiger partial charge in [0.15, 0.2) is 5.78 Å². The summed E-state index contributed by atoms with van der Waals surface area (Å²) in [7, 11) is -3.63. The second-order valence-electron chi connectivity index (χ2n) is 6.91. The zero-order chi connectivity index (χ0) is 21.8. The van der Waals surface area contributed by atoms with Crippen molar-refractivity contribution in [3.8, 4) is 11.5 Å². The maximum atomic E-state index is 12.9. The van der Waals surface area contributed by atoms with Gasteiger partial charge in [-0.25, -0.2) is 8.42 Å². The van der Waals surface area contributed by atoms with Crippen LogP contribution in [-0.2, 0) is 14.8 Å². The van der Waals surface area contributed by atoms with Crippen LogP contribution in [0.15, 0.2) is 69.1 Å². The average Bonchev–Trinajstić information content (AvgIpc) is 3.28. The van der Waals surface area contributed by atoms with Gasteiger partial charge in [0, 0.05) is 24.2 Å². The minimum Gasteiger partial charge on any atom is -0.411 e. The van der Waals surface area contributed by atoms with Crippen LogP contribution in [0.3, 0.4) is 0 Å².